The lowest BCUT2D eigenvalue weighted by atomic mass is 9.47. The Bertz CT molecular complexity index is 616. The molecule has 2 saturated carbocycles. The zero-order valence-corrected chi connectivity index (χ0v) is 17.7. The van der Waals surface area contributed by atoms with Crippen LogP contribution in [0.4, 0.5) is 0 Å². The van der Waals surface area contributed by atoms with E-state index in [1.54, 1.807) is 0 Å². The summed E-state index contributed by atoms with van der Waals surface area (Å²) in [6.07, 6.45) is 9.25. The Morgan fingerprint density at radius 3 is 2.59 bits per heavy atom. The first-order chi connectivity index (χ1) is 12.6. The van der Waals surface area contributed by atoms with Crippen LogP contribution < -0.4 is 0 Å². The van der Waals surface area contributed by atoms with Crippen LogP contribution in [-0.2, 0) is 19.1 Å². The van der Waals surface area contributed by atoms with Gasteiger partial charge in [0.1, 0.15) is 6.61 Å². The van der Waals surface area contributed by atoms with E-state index in [-0.39, 0.29) is 18.0 Å². The molecule has 27 heavy (non-hydrogen) atoms. The average molecular weight is 377 g/mol. The minimum Gasteiger partial charge on any atom is -0.466 e. The van der Waals surface area contributed by atoms with Gasteiger partial charge in [-0.2, -0.15) is 0 Å². The molecule has 2 rings (SSSR count). The SMILES string of the molecule is C=C1CCC2C(C)(C)CCCC2(C)C1CCC(=CC(=O)OC)COC(C)=O. The standard InChI is InChI=1S/C23H36O4/c1-16-8-11-20-22(3,4)12-7-13-23(20,5)19(16)10-9-18(14-21(25)26-6)15-27-17(2)24/h14,19-20H,1,7-13,15H2,2-6H3. The Kier molecular flexibility index (Phi) is 6.93. The van der Waals surface area contributed by atoms with Crippen molar-refractivity contribution in [3.63, 3.8) is 0 Å². The van der Waals surface area contributed by atoms with Gasteiger partial charge in [0.15, 0.2) is 0 Å². The third-order valence-electron chi connectivity index (χ3n) is 7.06. The number of methoxy groups -OCH3 is 1. The monoisotopic (exact) mass is 376 g/mol. The molecule has 0 aromatic carbocycles. The van der Waals surface area contributed by atoms with Crippen LogP contribution in [0.25, 0.3) is 0 Å². The lowest BCUT2D eigenvalue weighted by molar-refractivity contribution is -0.140. The topological polar surface area (TPSA) is 52.6 Å². The first-order valence-corrected chi connectivity index (χ1v) is 10.2. The fourth-order valence-corrected chi connectivity index (χ4v) is 5.74. The Balaban J connectivity index is 2.16. The van der Waals surface area contributed by atoms with Gasteiger partial charge in [-0.15, -0.1) is 0 Å². The molecular weight excluding hydrogens is 340 g/mol. The van der Waals surface area contributed by atoms with E-state index in [0.29, 0.717) is 17.3 Å². The molecule has 4 heteroatoms. The maximum absolute atomic E-state index is 11.7. The molecule has 2 aliphatic carbocycles. The summed E-state index contributed by atoms with van der Waals surface area (Å²) in [6, 6.07) is 0. The number of ether oxygens (including phenoxy) is 2. The highest BCUT2D eigenvalue weighted by Crippen LogP contribution is 2.61. The van der Waals surface area contributed by atoms with E-state index in [1.165, 1.54) is 51.4 Å². The molecule has 3 unspecified atom stereocenters. The molecule has 0 N–H and O–H groups in total. The first kappa shape index (κ1) is 21.7. The molecule has 4 nitrogen and oxygen atoms in total. The van der Waals surface area contributed by atoms with Crippen LogP contribution in [0, 0.1) is 22.7 Å². The number of esters is 2. The lowest BCUT2D eigenvalue weighted by Gasteiger charge is -2.58. The van der Waals surface area contributed by atoms with Crippen LogP contribution in [0.1, 0.15) is 72.6 Å². The second-order valence-corrected chi connectivity index (χ2v) is 9.29. The Morgan fingerprint density at radius 2 is 1.96 bits per heavy atom. The van der Waals surface area contributed by atoms with Crippen molar-refractivity contribution in [1.29, 1.82) is 0 Å². The number of carbonyl (C=O) groups is 2. The van der Waals surface area contributed by atoms with E-state index in [9.17, 15) is 9.59 Å². The third-order valence-corrected chi connectivity index (χ3v) is 7.06. The summed E-state index contributed by atoms with van der Waals surface area (Å²) in [6.45, 7) is 13.2. The van der Waals surface area contributed by atoms with Crippen molar-refractivity contribution in [3.8, 4) is 0 Å². The van der Waals surface area contributed by atoms with Crippen molar-refractivity contribution in [2.45, 2.75) is 72.6 Å². The zero-order chi connectivity index (χ0) is 20.2. The minimum absolute atomic E-state index is 0.148. The number of hydrogen-bond donors (Lipinski definition) is 0. The van der Waals surface area contributed by atoms with Gasteiger partial charge in [0.2, 0.25) is 0 Å². The van der Waals surface area contributed by atoms with Crippen molar-refractivity contribution in [2.75, 3.05) is 13.7 Å². The van der Waals surface area contributed by atoms with Crippen molar-refractivity contribution in [2.24, 2.45) is 22.7 Å². The fraction of sp³-hybridized carbons (Fsp3) is 0.739. The molecule has 0 radical (unpaired) electrons. The molecule has 0 spiro atoms. The number of rotatable bonds is 6. The van der Waals surface area contributed by atoms with Gasteiger partial charge in [-0.05, 0) is 66.8 Å². The molecule has 2 aliphatic rings. The molecule has 0 aliphatic heterocycles. The predicted molar refractivity (Wildman–Crippen MR) is 107 cm³/mol. The van der Waals surface area contributed by atoms with E-state index in [1.807, 2.05) is 0 Å². The molecule has 0 bridgehead atoms. The maximum Gasteiger partial charge on any atom is 0.330 e. The molecule has 3 atom stereocenters. The molecule has 0 heterocycles. The van der Waals surface area contributed by atoms with Crippen LogP contribution >= 0.6 is 0 Å². The number of carbonyl (C=O) groups excluding carboxylic acids is 2. The number of allylic oxidation sites excluding steroid dienone is 1. The second kappa shape index (κ2) is 8.62. The van der Waals surface area contributed by atoms with Gasteiger partial charge in [0.05, 0.1) is 7.11 Å². The van der Waals surface area contributed by atoms with E-state index in [0.717, 1.165) is 24.8 Å². The molecule has 0 amide bonds. The summed E-state index contributed by atoms with van der Waals surface area (Å²) >= 11 is 0. The Labute approximate surface area is 164 Å². The Morgan fingerprint density at radius 1 is 1.26 bits per heavy atom. The summed E-state index contributed by atoms with van der Waals surface area (Å²) in [5, 5.41) is 0. The summed E-state index contributed by atoms with van der Waals surface area (Å²) in [4.78, 5) is 22.9. The van der Waals surface area contributed by atoms with Gasteiger partial charge >= 0.3 is 11.9 Å². The quantitative estimate of drug-likeness (QED) is 0.362. The van der Waals surface area contributed by atoms with E-state index in [4.69, 9.17) is 9.47 Å². The van der Waals surface area contributed by atoms with Crippen molar-refractivity contribution >= 4 is 11.9 Å². The molecule has 0 saturated heterocycles. The van der Waals surface area contributed by atoms with Gasteiger partial charge in [-0.1, -0.05) is 39.3 Å². The largest absolute Gasteiger partial charge is 0.466 e. The highest BCUT2D eigenvalue weighted by Gasteiger charge is 2.52. The second-order valence-electron chi connectivity index (χ2n) is 9.29. The van der Waals surface area contributed by atoms with Crippen LogP contribution in [0.2, 0.25) is 0 Å². The fourth-order valence-electron chi connectivity index (χ4n) is 5.74. The van der Waals surface area contributed by atoms with Crippen molar-refractivity contribution in [3.05, 3.63) is 23.8 Å². The van der Waals surface area contributed by atoms with E-state index < -0.39 is 5.97 Å². The van der Waals surface area contributed by atoms with Gasteiger partial charge in [-0.3, -0.25) is 4.79 Å². The Hall–Kier alpha value is -1.58. The van der Waals surface area contributed by atoms with Crippen LogP contribution in [0.15, 0.2) is 23.8 Å². The van der Waals surface area contributed by atoms with Crippen molar-refractivity contribution in [1.82, 2.24) is 0 Å². The summed E-state index contributed by atoms with van der Waals surface area (Å²) in [5.74, 6) is 0.404. The van der Waals surface area contributed by atoms with Gasteiger partial charge < -0.3 is 9.47 Å². The average Bonchev–Trinajstić information content (AvgIpc) is 2.57. The van der Waals surface area contributed by atoms with Crippen molar-refractivity contribution < 1.29 is 19.1 Å². The van der Waals surface area contributed by atoms with Gasteiger partial charge in [0.25, 0.3) is 0 Å². The summed E-state index contributed by atoms with van der Waals surface area (Å²) in [5.41, 5.74) is 2.78. The van der Waals surface area contributed by atoms with Crippen LogP contribution in [0.3, 0.4) is 0 Å². The van der Waals surface area contributed by atoms with Gasteiger partial charge in [0, 0.05) is 13.0 Å². The normalized spacial score (nSPS) is 30.4. The molecule has 0 aromatic heterocycles. The van der Waals surface area contributed by atoms with Crippen LogP contribution in [0.5, 0.6) is 0 Å². The molecule has 0 aromatic rings. The zero-order valence-electron chi connectivity index (χ0n) is 17.7. The number of fused-ring (bicyclic) bond motifs is 1. The minimum atomic E-state index is -0.400. The van der Waals surface area contributed by atoms with Crippen LogP contribution in [-0.4, -0.2) is 25.7 Å². The lowest BCUT2D eigenvalue weighted by Crippen LogP contribution is -2.49. The smallest absolute Gasteiger partial charge is 0.330 e. The third kappa shape index (κ3) is 5.03. The van der Waals surface area contributed by atoms with E-state index >= 15 is 0 Å². The molecule has 152 valence electrons. The molecule has 2 fully saturated rings. The first-order valence-electron chi connectivity index (χ1n) is 10.2. The predicted octanol–water partition coefficient (Wildman–Crippen LogP) is 5.23. The summed E-state index contributed by atoms with van der Waals surface area (Å²) in [7, 11) is 1.36. The van der Waals surface area contributed by atoms with Gasteiger partial charge in [-0.25, -0.2) is 4.79 Å². The van der Waals surface area contributed by atoms with E-state index in [2.05, 4.69) is 27.4 Å². The number of hydrogen-bond acceptors (Lipinski definition) is 4. The highest BCUT2D eigenvalue weighted by molar-refractivity contribution is 5.82. The summed E-state index contributed by atoms with van der Waals surface area (Å²) < 4.78 is 9.90. The molecular formula is C23H36O4. The highest BCUT2D eigenvalue weighted by atomic mass is 16.5. The maximum atomic E-state index is 11.7.